The topological polar surface area (TPSA) is 144 Å². The first kappa shape index (κ1) is 24.6. The molecular formula is C23H20N2O8S2. The first-order valence-corrected chi connectivity index (χ1v) is 12.5. The van der Waals surface area contributed by atoms with E-state index in [0.29, 0.717) is 0 Å². The molecule has 2 atom stereocenters. The van der Waals surface area contributed by atoms with Crippen LogP contribution in [0.4, 0.5) is 5.69 Å². The van der Waals surface area contributed by atoms with Crippen LogP contribution in [-0.4, -0.2) is 56.3 Å². The molecular weight excluding hydrogens is 496 g/mol. The number of carboxylic acid groups (broad SMARTS) is 1. The first-order chi connectivity index (χ1) is 16.8. The number of β-lactam (4-membered cyclic amide) rings is 1. The molecule has 0 spiro atoms. The van der Waals surface area contributed by atoms with Gasteiger partial charge in [-0.15, -0.1) is 23.1 Å². The molecule has 10 nitrogen and oxygen atoms in total. The van der Waals surface area contributed by atoms with Crippen LogP contribution in [0.2, 0.25) is 0 Å². The van der Waals surface area contributed by atoms with E-state index in [1.165, 1.54) is 41.3 Å². The predicted octanol–water partition coefficient (Wildman–Crippen LogP) is 2.81. The van der Waals surface area contributed by atoms with Crippen molar-refractivity contribution in [2.24, 2.45) is 5.92 Å². The van der Waals surface area contributed by atoms with Crippen LogP contribution in [0.3, 0.4) is 0 Å². The van der Waals surface area contributed by atoms with Gasteiger partial charge in [-0.05, 0) is 11.4 Å². The number of amides is 1. The smallest absolute Gasteiger partial charge is 0.352 e. The van der Waals surface area contributed by atoms with E-state index >= 15 is 0 Å². The summed E-state index contributed by atoms with van der Waals surface area (Å²) in [6.45, 7) is -0.355. The average molecular weight is 517 g/mol. The number of hydrogen-bond acceptors (Lipinski definition) is 9. The van der Waals surface area contributed by atoms with Crippen molar-refractivity contribution in [2.75, 3.05) is 12.4 Å². The van der Waals surface area contributed by atoms with Crippen LogP contribution in [-0.2, 0) is 36.8 Å². The number of nitro benzene ring substituents is 1. The summed E-state index contributed by atoms with van der Waals surface area (Å²) in [5.74, 6) is -2.98. The summed E-state index contributed by atoms with van der Waals surface area (Å²) in [5, 5.41) is 22.3. The molecule has 12 heteroatoms. The lowest BCUT2D eigenvalue weighted by Crippen LogP contribution is -2.62. The monoisotopic (exact) mass is 516 g/mol. The van der Waals surface area contributed by atoms with E-state index in [0.717, 1.165) is 9.78 Å². The fourth-order valence-electron chi connectivity index (χ4n) is 4.07. The van der Waals surface area contributed by atoms with Crippen LogP contribution < -0.4 is 0 Å². The fraction of sp³-hybridized carbons (Fsp3) is 0.304. The average Bonchev–Trinajstić information content (AvgIpc) is 3.33. The minimum Gasteiger partial charge on any atom is -0.477 e. The van der Waals surface area contributed by atoms with E-state index in [2.05, 4.69) is 0 Å². The molecule has 1 amide bonds. The number of ketones is 1. The second kappa shape index (κ2) is 10.4. The van der Waals surface area contributed by atoms with Crippen molar-refractivity contribution < 1.29 is 33.9 Å². The molecule has 0 aliphatic carbocycles. The van der Waals surface area contributed by atoms with Gasteiger partial charge >= 0.3 is 11.9 Å². The van der Waals surface area contributed by atoms with Crippen molar-refractivity contribution in [3.8, 4) is 0 Å². The second-order valence-corrected chi connectivity index (χ2v) is 10.1. The molecule has 3 heterocycles. The van der Waals surface area contributed by atoms with Gasteiger partial charge in [-0.1, -0.05) is 24.3 Å². The normalized spacial score (nSPS) is 19.1. The Hall–Kier alpha value is -3.51. The maximum Gasteiger partial charge on any atom is 0.352 e. The van der Waals surface area contributed by atoms with Crippen molar-refractivity contribution >= 4 is 52.4 Å². The Balaban J connectivity index is 1.40. The summed E-state index contributed by atoms with van der Waals surface area (Å²) >= 11 is 2.78. The van der Waals surface area contributed by atoms with Crippen molar-refractivity contribution in [3.63, 3.8) is 0 Å². The Morgan fingerprint density at radius 3 is 2.63 bits per heavy atom. The lowest BCUT2D eigenvalue weighted by atomic mass is 9.89. The van der Waals surface area contributed by atoms with Gasteiger partial charge in [-0.25, -0.2) is 4.79 Å². The molecule has 1 fully saturated rings. The maximum absolute atomic E-state index is 12.8. The van der Waals surface area contributed by atoms with Crippen LogP contribution in [0.5, 0.6) is 0 Å². The van der Waals surface area contributed by atoms with Crippen molar-refractivity contribution in [1.29, 1.82) is 0 Å². The molecule has 2 aliphatic heterocycles. The third-order valence-electron chi connectivity index (χ3n) is 5.69. The molecule has 1 aromatic heterocycles. The Kier molecular flexibility index (Phi) is 7.31. The molecule has 0 saturated carbocycles. The number of esters is 1. The van der Waals surface area contributed by atoms with E-state index in [4.69, 9.17) is 4.74 Å². The van der Waals surface area contributed by atoms with E-state index in [-0.39, 0.29) is 59.9 Å². The molecule has 2 aliphatic rings. The Morgan fingerprint density at radius 2 is 1.94 bits per heavy atom. The predicted molar refractivity (Wildman–Crippen MR) is 127 cm³/mol. The van der Waals surface area contributed by atoms with Crippen LogP contribution in [0.1, 0.15) is 16.9 Å². The zero-order valence-electron chi connectivity index (χ0n) is 18.2. The van der Waals surface area contributed by atoms with Gasteiger partial charge in [0.05, 0.1) is 22.6 Å². The maximum atomic E-state index is 12.8. The highest BCUT2D eigenvalue weighted by Crippen LogP contribution is 2.45. The molecule has 182 valence electrons. The fourth-order valence-corrected chi connectivity index (χ4v) is 6.20. The van der Waals surface area contributed by atoms with Gasteiger partial charge < -0.3 is 9.84 Å². The van der Waals surface area contributed by atoms with Gasteiger partial charge in [-0.3, -0.25) is 29.4 Å². The molecule has 35 heavy (non-hydrogen) atoms. The van der Waals surface area contributed by atoms with Gasteiger partial charge in [-0.2, -0.15) is 0 Å². The van der Waals surface area contributed by atoms with Gasteiger partial charge in [0, 0.05) is 40.7 Å². The summed E-state index contributed by atoms with van der Waals surface area (Å²) < 4.78 is 5.21. The number of carboxylic acids is 1. The molecule has 2 aromatic rings. The number of carbonyl (C=O) groups excluding carboxylic acids is 3. The number of thiophene rings is 1. The number of para-hydroxylation sites is 1. The number of carbonyl (C=O) groups is 4. The third kappa shape index (κ3) is 5.28. The minimum absolute atomic E-state index is 0.0397. The number of benzene rings is 1. The number of aliphatic carboxylic acids is 1. The van der Waals surface area contributed by atoms with Gasteiger partial charge in [0.15, 0.2) is 0 Å². The summed E-state index contributed by atoms with van der Waals surface area (Å²) in [4.78, 5) is 62.0. The van der Waals surface area contributed by atoms with Crippen LogP contribution in [0, 0.1) is 16.0 Å². The van der Waals surface area contributed by atoms with E-state index in [1.807, 2.05) is 17.5 Å². The standard InChI is InChI=1S/C23H20N2O8S2/c26-15(9-16-5-3-7-34-16)10-17-21(28)24-20(23(29)30)14(12-35-22(17)24)11-33-19(27)8-13-4-1-2-6-18(13)25(31)32/h1-7,17,22H,8-12H2,(H,29,30)/t17-,22-/m1/s1. The molecule has 1 aromatic carbocycles. The number of hydrogen-bond donors (Lipinski definition) is 1. The summed E-state index contributed by atoms with van der Waals surface area (Å²) in [7, 11) is 0. The van der Waals surface area contributed by atoms with Crippen LogP contribution in [0.25, 0.3) is 0 Å². The Bertz CT molecular complexity index is 1220. The number of thioether (sulfide) groups is 1. The molecule has 1 saturated heterocycles. The molecule has 0 radical (unpaired) electrons. The summed E-state index contributed by atoms with van der Waals surface area (Å²) in [6, 6.07) is 9.47. The second-order valence-electron chi connectivity index (χ2n) is 8.00. The number of nitrogens with zero attached hydrogens (tertiary/aromatic N) is 2. The van der Waals surface area contributed by atoms with Crippen molar-refractivity contribution in [3.05, 3.63) is 73.6 Å². The van der Waals surface area contributed by atoms with Crippen molar-refractivity contribution in [2.45, 2.75) is 24.6 Å². The summed E-state index contributed by atoms with van der Waals surface area (Å²) in [6.07, 6.45) is -0.0705. The Labute approximate surface area is 207 Å². The third-order valence-corrected chi connectivity index (χ3v) is 7.96. The van der Waals surface area contributed by atoms with Crippen LogP contribution >= 0.6 is 23.1 Å². The highest BCUT2D eigenvalue weighted by Gasteiger charge is 2.53. The lowest BCUT2D eigenvalue weighted by Gasteiger charge is -2.49. The number of fused-ring (bicyclic) bond motifs is 1. The van der Waals surface area contributed by atoms with Gasteiger partial charge in [0.25, 0.3) is 5.69 Å². The zero-order chi connectivity index (χ0) is 25.1. The van der Waals surface area contributed by atoms with Crippen molar-refractivity contribution in [1.82, 2.24) is 4.90 Å². The van der Waals surface area contributed by atoms with E-state index in [9.17, 15) is 34.4 Å². The van der Waals surface area contributed by atoms with E-state index < -0.39 is 34.1 Å². The molecule has 0 unspecified atom stereocenters. The SMILES string of the molecule is O=C(Cc1cccs1)C[C@@H]1C(=O)N2C(C(=O)O)=C(COC(=O)Cc3ccccc3[N+](=O)[O-])CS[C@H]12. The number of ether oxygens (including phenoxy) is 1. The zero-order valence-corrected chi connectivity index (χ0v) is 19.9. The summed E-state index contributed by atoms with van der Waals surface area (Å²) in [5.41, 5.74) is -0.0108. The number of Topliss-reactive ketones (excluding diaryl/α,β-unsaturated/α-hetero) is 1. The minimum atomic E-state index is -1.32. The first-order valence-electron chi connectivity index (χ1n) is 10.6. The molecule has 4 rings (SSSR count). The highest BCUT2D eigenvalue weighted by atomic mass is 32.2. The quantitative estimate of drug-likeness (QED) is 0.218. The molecule has 1 N–H and O–H groups in total. The Morgan fingerprint density at radius 1 is 1.17 bits per heavy atom. The number of rotatable bonds is 10. The lowest BCUT2D eigenvalue weighted by molar-refractivity contribution is -0.385. The van der Waals surface area contributed by atoms with Crippen LogP contribution in [0.15, 0.2) is 53.0 Å². The van der Waals surface area contributed by atoms with E-state index in [1.54, 1.807) is 6.07 Å². The largest absolute Gasteiger partial charge is 0.477 e. The molecule has 0 bridgehead atoms. The van der Waals surface area contributed by atoms with Gasteiger partial charge in [0.1, 0.15) is 18.1 Å². The highest BCUT2D eigenvalue weighted by molar-refractivity contribution is 8.00. The number of nitro groups is 1. The van der Waals surface area contributed by atoms with Gasteiger partial charge in [0.2, 0.25) is 5.91 Å².